The summed E-state index contributed by atoms with van der Waals surface area (Å²) in [5.41, 5.74) is 4.54. The summed E-state index contributed by atoms with van der Waals surface area (Å²) in [5, 5.41) is 11.9. The van der Waals surface area contributed by atoms with E-state index in [0.717, 1.165) is 28.7 Å². The quantitative estimate of drug-likeness (QED) is 0.664. The van der Waals surface area contributed by atoms with Crippen LogP contribution in [0.3, 0.4) is 0 Å². The third-order valence-electron chi connectivity index (χ3n) is 6.62. The molecule has 1 heterocycles. The first-order chi connectivity index (χ1) is 15.9. The Morgan fingerprint density at radius 2 is 1.67 bits per heavy atom. The maximum atomic E-state index is 13.2. The van der Waals surface area contributed by atoms with Crippen molar-refractivity contribution in [3.05, 3.63) is 59.7 Å². The smallest absolute Gasteiger partial charge is 0.407 e. The second-order valence-electron chi connectivity index (χ2n) is 9.12. The number of hydrogen-bond acceptors (Lipinski definition) is 4. The molecule has 2 amide bonds. The minimum absolute atomic E-state index is 0.0603. The van der Waals surface area contributed by atoms with Crippen LogP contribution in [0.4, 0.5) is 4.79 Å². The first-order valence-electron chi connectivity index (χ1n) is 11.5. The van der Waals surface area contributed by atoms with E-state index in [-0.39, 0.29) is 36.8 Å². The van der Waals surface area contributed by atoms with Crippen LogP contribution in [-0.2, 0) is 14.3 Å². The molecular weight excluding hydrogens is 420 g/mol. The van der Waals surface area contributed by atoms with Crippen molar-refractivity contribution in [3.8, 4) is 11.1 Å². The molecule has 33 heavy (non-hydrogen) atoms. The van der Waals surface area contributed by atoms with E-state index in [4.69, 9.17) is 9.84 Å². The first-order valence-corrected chi connectivity index (χ1v) is 11.5. The second kappa shape index (κ2) is 9.65. The number of benzene rings is 2. The number of rotatable bonds is 7. The van der Waals surface area contributed by atoms with Crippen LogP contribution in [-0.4, -0.2) is 53.2 Å². The maximum absolute atomic E-state index is 13.2. The molecule has 0 bridgehead atoms. The zero-order chi connectivity index (χ0) is 23.5. The van der Waals surface area contributed by atoms with Crippen LogP contribution >= 0.6 is 0 Å². The molecule has 4 rings (SSSR count). The van der Waals surface area contributed by atoms with Crippen LogP contribution in [0.2, 0.25) is 0 Å². The summed E-state index contributed by atoms with van der Waals surface area (Å²) in [6.45, 7) is 4.39. The van der Waals surface area contributed by atoms with E-state index in [1.807, 2.05) is 38.1 Å². The maximum Gasteiger partial charge on any atom is 0.407 e. The molecule has 7 nitrogen and oxygen atoms in total. The number of aliphatic carboxylic acids is 1. The van der Waals surface area contributed by atoms with Gasteiger partial charge in [-0.3, -0.25) is 9.59 Å². The summed E-state index contributed by atoms with van der Waals surface area (Å²) in [4.78, 5) is 38.6. The van der Waals surface area contributed by atoms with E-state index >= 15 is 0 Å². The van der Waals surface area contributed by atoms with E-state index in [0.29, 0.717) is 13.0 Å². The van der Waals surface area contributed by atoms with Crippen molar-refractivity contribution in [3.63, 3.8) is 0 Å². The highest BCUT2D eigenvalue weighted by Crippen LogP contribution is 2.44. The Morgan fingerprint density at radius 1 is 1.06 bits per heavy atom. The molecule has 1 aliphatic carbocycles. The fourth-order valence-corrected chi connectivity index (χ4v) is 5.00. The van der Waals surface area contributed by atoms with Gasteiger partial charge in [-0.1, -0.05) is 62.4 Å². The van der Waals surface area contributed by atoms with E-state index in [1.54, 1.807) is 4.90 Å². The van der Waals surface area contributed by atoms with Crippen molar-refractivity contribution >= 4 is 18.0 Å². The summed E-state index contributed by atoms with van der Waals surface area (Å²) < 4.78 is 5.61. The van der Waals surface area contributed by atoms with E-state index in [1.165, 1.54) is 0 Å². The SMILES string of the molecule is CC(C)[C@@H](NC(=O)OCC1c2ccccc2-c2ccccc21)C(=O)N1CCCC1CC(=O)O. The summed E-state index contributed by atoms with van der Waals surface area (Å²) in [6.07, 6.45) is 0.701. The van der Waals surface area contributed by atoms with Crippen molar-refractivity contribution in [2.75, 3.05) is 13.2 Å². The molecule has 2 atom stereocenters. The van der Waals surface area contributed by atoms with Gasteiger partial charge < -0.3 is 20.1 Å². The molecule has 1 unspecified atom stereocenters. The number of carbonyl (C=O) groups excluding carboxylic acids is 2. The van der Waals surface area contributed by atoms with Crippen LogP contribution in [0.5, 0.6) is 0 Å². The van der Waals surface area contributed by atoms with Gasteiger partial charge in [-0.25, -0.2) is 4.79 Å². The van der Waals surface area contributed by atoms with Gasteiger partial charge in [0.15, 0.2) is 0 Å². The van der Waals surface area contributed by atoms with Gasteiger partial charge in [0.05, 0.1) is 6.42 Å². The largest absolute Gasteiger partial charge is 0.481 e. The molecule has 2 aromatic carbocycles. The third kappa shape index (κ3) is 4.72. The van der Waals surface area contributed by atoms with Crippen molar-refractivity contribution in [1.29, 1.82) is 0 Å². The van der Waals surface area contributed by atoms with Gasteiger partial charge in [0.2, 0.25) is 5.91 Å². The molecule has 2 aliphatic rings. The van der Waals surface area contributed by atoms with Crippen molar-refractivity contribution in [1.82, 2.24) is 10.2 Å². The van der Waals surface area contributed by atoms with Gasteiger partial charge in [-0.05, 0) is 41.0 Å². The topological polar surface area (TPSA) is 95.9 Å². The molecule has 0 spiro atoms. The molecule has 0 saturated carbocycles. The van der Waals surface area contributed by atoms with Crippen LogP contribution in [0.25, 0.3) is 11.1 Å². The Labute approximate surface area is 193 Å². The molecule has 2 N–H and O–H groups in total. The molecule has 1 fully saturated rings. The van der Waals surface area contributed by atoms with Crippen molar-refractivity contribution in [2.24, 2.45) is 5.92 Å². The van der Waals surface area contributed by atoms with Gasteiger partial charge in [-0.2, -0.15) is 0 Å². The molecule has 1 aliphatic heterocycles. The predicted octanol–water partition coefficient (Wildman–Crippen LogP) is 4.02. The number of fused-ring (bicyclic) bond motifs is 3. The molecule has 174 valence electrons. The van der Waals surface area contributed by atoms with Crippen molar-refractivity contribution in [2.45, 2.75) is 51.1 Å². The van der Waals surface area contributed by atoms with Gasteiger partial charge in [-0.15, -0.1) is 0 Å². The number of hydrogen-bond donors (Lipinski definition) is 2. The Kier molecular flexibility index (Phi) is 6.67. The average Bonchev–Trinajstić information content (AvgIpc) is 3.37. The Hall–Kier alpha value is -3.35. The Bertz CT molecular complexity index is 1000. The lowest BCUT2D eigenvalue weighted by Gasteiger charge is -2.30. The van der Waals surface area contributed by atoms with Crippen LogP contribution < -0.4 is 5.32 Å². The van der Waals surface area contributed by atoms with Crippen LogP contribution in [0, 0.1) is 5.92 Å². The lowest BCUT2D eigenvalue weighted by atomic mass is 9.98. The van der Waals surface area contributed by atoms with E-state index < -0.39 is 18.1 Å². The summed E-state index contributed by atoms with van der Waals surface area (Å²) in [6, 6.07) is 15.1. The zero-order valence-corrected chi connectivity index (χ0v) is 19.0. The third-order valence-corrected chi connectivity index (χ3v) is 6.62. The van der Waals surface area contributed by atoms with Gasteiger partial charge >= 0.3 is 12.1 Å². The fourth-order valence-electron chi connectivity index (χ4n) is 5.00. The van der Waals surface area contributed by atoms with Crippen LogP contribution in [0.15, 0.2) is 48.5 Å². The van der Waals surface area contributed by atoms with Crippen LogP contribution in [0.1, 0.15) is 50.2 Å². The number of carboxylic acids is 1. The molecule has 0 aromatic heterocycles. The Morgan fingerprint density at radius 3 is 2.24 bits per heavy atom. The summed E-state index contributed by atoms with van der Waals surface area (Å²) in [5.74, 6) is -1.40. The molecule has 1 saturated heterocycles. The van der Waals surface area contributed by atoms with E-state index in [9.17, 15) is 14.4 Å². The summed E-state index contributed by atoms with van der Waals surface area (Å²) >= 11 is 0. The molecule has 2 aromatic rings. The highest BCUT2D eigenvalue weighted by Gasteiger charge is 2.37. The number of nitrogens with zero attached hydrogens (tertiary/aromatic N) is 1. The standard InChI is InChI=1S/C26H30N2O5/c1-16(2)24(25(31)28-13-7-8-17(28)14-23(29)30)27-26(32)33-15-22-20-11-5-3-9-18(20)19-10-4-6-12-21(19)22/h3-6,9-12,16-17,22,24H,7-8,13-15H2,1-2H3,(H,27,32)(H,29,30)/t17?,24-/m1/s1. The minimum Gasteiger partial charge on any atom is -0.481 e. The minimum atomic E-state index is -0.926. The molecule has 0 radical (unpaired) electrons. The zero-order valence-electron chi connectivity index (χ0n) is 19.0. The second-order valence-corrected chi connectivity index (χ2v) is 9.12. The summed E-state index contributed by atoms with van der Waals surface area (Å²) in [7, 11) is 0. The first kappa shape index (κ1) is 22.8. The number of carboxylic acid groups (broad SMARTS) is 1. The van der Waals surface area contributed by atoms with Gasteiger partial charge in [0, 0.05) is 18.5 Å². The number of amides is 2. The molecular formula is C26H30N2O5. The highest BCUT2D eigenvalue weighted by atomic mass is 16.5. The van der Waals surface area contributed by atoms with Gasteiger partial charge in [0.25, 0.3) is 0 Å². The van der Waals surface area contributed by atoms with Gasteiger partial charge in [0.1, 0.15) is 12.6 Å². The number of likely N-dealkylation sites (tertiary alicyclic amines) is 1. The number of carbonyl (C=O) groups is 3. The number of nitrogens with one attached hydrogen (secondary N) is 1. The lowest BCUT2D eigenvalue weighted by Crippen LogP contribution is -2.52. The predicted molar refractivity (Wildman–Crippen MR) is 124 cm³/mol. The number of alkyl carbamates (subject to hydrolysis) is 1. The normalized spacial score (nSPS) is 18.0. The van der Waals surface area contributed by atoms with E-state index in [2.05, 4.69) is 29.6 Å². The monoisotopic (exact) mass is 450 g/mol. The highest BCUT2D eigenvalue weighted by molar-refractivity contribution is 5.87. The van der Waals surface area contributed by atoms with Crippen molar-refractivity contribution < 1.29 is 24.2 Å². The number of ether oxygens (including phenoxy) is 1. The lowest BCUT2D eigenvalue weighted by molar-refractivity contribution is -0.140. The fraction of sp³-hybridized carbons (Fsp3) is 0.423. The Balaban J connectivity index is 1.42. The molecule has 7 heteroatoms. The average molecular weight is 451 g/mol.